The first-order valence-corrected chi connectivity index (χ1v) is 4.07. The van der Waals surface area contributed by atoms with Crippen molar-refractivity contribution >= 4 is 18.4 Å². The maximum atomic E-state index is 9.96. The molecule has 6 heteroatoms. The van der Waals surface area contributed by atoms with Crippen LogP contribution in [0.1, 0.15) is 20.3 Å². The Kier molecular flexibility index (Phi) is 23.2. The molecule has 0 rings (SSSR count). The first-order chi connectivity index (χ1) is 6.99. The van der Waals surface area contributed by atoms with Crippen LogP contribution in [-0.2, 0) is 28.6 Å². The molecule has 0 spiro atoms. The first-order valence-electron chi connectivity index (χ1n) is 4.07. The highest BCUT2D eigenvalue weighted by atomic mass is 16.5. The minimum Gasteiger partial charge on any atom is -0.471 e. The van der Waals surface area contributed by atoms with Crippen LogP contribution in [0.15, 0.2) is 0 Å². The summed E-state index contributed by atoms with van der Waals surface area (Å²) < 4.78 is 12.2. The van der Waals surface area contributed by atoms with Gasteiger partial charge in [0.25, 0.3) is 6.47 Å². The second-order valence-corrected chi connectivity index (χ2v) is 1.96. The fraction of sp³-hybridized carbons (Fsp3) is 0.667. The van der Waals surface area contributed by atoms with Gasteiger partial charge in [0, 0.05) is 13.3 Å². The molecule has 90 valence electrons. The largest absolute Gasteiger partial charge is 0.471 e. The molecular formula is C9H18O6. The Morgan fingerprint density at radius 3 is 1.47 bits per heavy atom. The lowest BCUT2D eigenvalue weighted by molar-refractivity contribution is -0.140. The Hall–Kier alpha value is -1.59. The van der Waals surface area contributed by atoms with Crippen molar-refractivity contribution < 1.29 is 28.6 Å². The van der Waals surface area contributed by atoms with E-state index in [9.17, 15) is 9.59 Å². The summed E-state index contributed by atoms with van der Waals surface area (Å²) in [6, 6.07) is 0. The van der Waals surface area contributed by atoms with E-state index in [4.69, 9.17) is 4.79 Å². The van der Waals surface area contributed by atoms with E-state index in [0.717, 1.165) is 0 Å². The zero-order valence-corrected chi connectivity index (χ0v) is 9.73. The number of hydrogen-bond donors (Lipinski definition) is 0. The van der Waals surface area contributed by atoms with Crippen molar-refractivity contribution in [3.8, 4) is 0 Å². The van der Waals surface area contributed by atoms with Gasteiger partial charge in [-0.15, -0.1) is 0 Å². The number of esters is 2. The van der Waals surface area contributed by atoms with Crippen LogP contribution in [0.25, 0.3) is 0 Å². The summed E-state index contributed by atoms with van der Waals surface area (Å²) in [4.78, 5) is 28.5. The van der Waals surface area contributed by atoms with Gasteiger partial charge in [-0.1, -0.05) is 6.92 Å². The van der Waals surface area contributed by atoms with Gasteiger partial charge in [0.2, 0.25) is 0 Å². The predicted octanol–water partition coefficient (Wildman–Crippen LogP) is 0.538. The maximum absolute atomic E-state index is 9.96. The van der Waals surface area contributed by atoms with Gasteiger partial charge in [0.05, 0.1) is 21.3 Å². The highest BCUT2D eigenvalue weighted by Gasteiger charge is 1.87. The average Bonchev–Trinajstić information content (AvgIpc) is 2.28. The molecule has 0 saturated heterocycles. The van der Waals surface area contributed by atoms with Crippen LogP contribution in [0.3, 0.4) is 0 Å². The fourth-order valence-electron chi connectivity index (χ4n) is 0.144. The number of methoxy groups -OCH3 is 3. The molecule has 0 amide bonds. The van der Waals surface area contributed by atoms with E-state index in [0.29, 0.717) is 12.9 Å². The summed E-state index contributed by atoms with van der Waals surface area (Å²) in [5.41, 5.74) is 0. The Bertz CT molecular complexity index is 160. The molecule has 0 atom stereocenters. The van der Waals surface area contributed by atoms with Crippen molar-refractivity contribution in [3.63, 3.8) is 0 Å². The Morgan fingerprint density at radius 1 is 1.13 bits per heavy atom. The summed E-state index contributed by atoms with van der Waals surface area (Å²) >= 11 is 0. The second-order valence-electron chi connectivity index (χ2n) is 1.96. The summed E-state index contributed by atoms with van der Waals surface area (Å²) in [7, 11) is 4.04. The van der Waals surface area contributed by atoms with E-state index in [1.807, 2.05) is 0 Å². The zero-order valence-electron chi connectivity index (χ0n) is 9.73. The highest BCUT2D eigenvalue weighted by Crippen LogP contribution is 1.76. The van der Waals surface area contributed by atoms with Crippen LogP contribution in [0.5, 0.6) is 0 Å². The summed E-state index contributed by atoms with van der Waals surface area (Å²) in [5.74, 6) is -0.403. The molecule has 0 unspecified atom stereocenters. The quantitative estimate of drug-likeness (QED) is 0.385. The van der Waals surface area contributed by atoms with Crippen LogP contribution in [0.2, 0.25) is 0 Å². The van der Waals surface area contributed by atoms with Gasteiger partial charge in [-0.25, -0.2) is 0 Å². The lowest BCUT2D eigenvalue weighted by atomic mass is 10.5. The Labute approximate surface area is 89.5 Å². The Morgan fingerprint density at radius 2 is 1.47 bits per heavy atom. The van der Waals surface area contributed by atoms with Crippen molar-refractivity contribution in [2.24, 2.45) is 0 Å². The molecule has 0 heterocycles. The average molecular weight is 222 g/mol. The third-order valence-electron chi connectivity index (χ3n) is 0.900. The monoisotopic (exact) mass is 222 g/mol. The van der Waals surface area contributed by atoms with Gasteiger partial charge in [-0.2, -0.15) is 0 Å². The number of carbonyl (C=O) groups is 3. The van der Waals surface area contributed by atoms with Gasteiger partial charge in [-0.05, 0) is 0 Å². The van der Waals surface area contributed by atoms with E-state index < -0.39 is 0 Å². The minimum absolute atomic E-state index is 0.157. The molecular weight excluding hydrogens is 204 g/mol. The molecule has 0 saturated carbocycles. The minimum atomic E-state index is -0.245. The smallest absolute Gasteiger partial charge is 0.305 e. The second kappa shape index (κ2) is 18.2. The third-order valence-corrected chi connectivity index (χ3v) is 0.900. The van der Waals surface area contributed by atoms with E-state index >= 15 is 0 Å². The lowest BCUT2D eigenvalue weighted by Gasteiger charge is -1.87. The van der Waals surface area contributed by atoms with Crippen LogP contribution in [0.4, 0.5) is 0 Å². The van der Waals surface area contributed by atoms with Crippen LogP contribution >= 0.6 is 0 Å². The molecule has 0 radical (unpaired) electrons. The third kappa shape index (κ3) is 45.9. The van der Waals surface area contributed by atoms with Gasteiger partial charge in [-0.3, -0.25) is 14.4 Å². The number of ether oxygens (including phenoxy) is 3. The molecule has 0 N–H and O–H groups in total. The molecule has 0 aromatic rings. The molecule has 15 heavy (non-hydrogen) atoms. The van der Waals surface area contributed by atoms with E-state index in [2.05, 4.69) is 14.2 Å². The molecule has 0 aliphatic heterocycles. The molecule has 0 aliphatic rings. The molecule has 0 aromatic heterocycles. The van der Waals surface area contributed by atoms with E-state index in [-0.39, 0.29) is 11.9 Å². The predicted molar refractivity (Wildman–Crippen MR) is 53.1 cm³/mol. The number of carbonyl (C=O) groups excluding carboxylic acids is 3. The summed E-state index contributed by atoms with van der Waals surface area (Å²) in [6.07, 6.45) is 0.469. The molecule has 0 aromatic carbocycles. The van der Waals surface area contributed by atoms with Crippen LogP contribution in [-0.4, -0.2) is 39.7 Å². The van der Waals surface area contributed by atoms with Gasteiger partial charge < -0.3 is 14.2 Å². The lowest BCUT2D eigenvalue weighted by Crippen LogP contribution is -1.94. The van der Waals surface area contributed by atoms with E-state index in [1.165, 1.54) is 28.3 Å². The number of hydrogen-bond acceptors (Lipinski definition) is 6. The van der Waals surface area contributed by atoms with Crippen LogP contribution < -0.4 is 0 Å². The first kappa shape index (κ1) is 19.1. The van der Waals surface area contributed by atoms with Gasteiger partial charge in [0.15, 0.2) is 0 Å². The molecule has 0 bridgehead atoms. The van der Waals surface area contributed by atoms with E-state index in [1.54, 1.807) is 6.92 Å². The topological polar surface area (TPSA) is 78.9 Å². The summed E-state index contributed by atoms with van der Waals surface area (Å²) in [5, 5.41) is 0. The zero-order chi connectivity index (χ0) is 12.7. The SMILES string of the molecule is CCC(=O)OC.COC(C)=O.COC=O. The van der Waals surface area contributed by atoms with Crippen molar-refractivity contribution in [1.29, 1.82) is 0 Å². The Balaban J connectivity index is -0.000000147. The molecule has 0 aliphatic carbocycles. The van der Waals surface area contributed by atoms with Gasteiger partial charge in [0.1, 0.15) is 0 Å². The van der Waals surface area contributed by atoms with Crippen LogP contribution in [0, 0.1) is 0 Å². The van der Waals surface area contributed by atoms with Crippen molar-refractivity contribution in [1.82, 2.24) is 0 Å². The highest BCUT2D eigenvalue weighted by molar-refractivity contribution is 5.68. The molecule has 6 nitrogen and oxygen atoms in total. The van der Waals surface area contributed by atoms with Crippen molar-refractivity contribution in [2.45, 2.75) is 20.3 Å². The van der Waals surface area contributed by atoms with Gasteiger partial charge >= 0.3 is 11.9 Å². The summed E-state index contributed by atoms with van der Waals surface area (Å²) in [6.45, 7) is 3.49. The molecule has 0 fully saturated rings. The van der Waals surface area contributed by atoms with Crippen molar-refractivity contribution in [2.75, 3.05) is 21.3 Å². The fourth-order valence-corrected chi connectivity index (χ4v) is 0.144. The maximum Gasteiger partial charge on any atom is 0.305 e. The normalized spacial score (nSPS) is 6.73. The number of rotatable bonds is 2. The standard InChI is InChI=1S/C4H8O2.C3H6O2.C2H4O2/c1-3-4(5)6-2;1-3(4)5-2;1-4-2-3/h3H2,1-2H3;1-2H3;2H,1H3. The van der Waals surface area contributed by atoms with Crippen molar-refractivity contribution in [3.05, 3.63) is 0 Å².